The van der Waals surface area contributed by atoms with E-state index in [1.807, 2.05) is 0 Å². The van der Waals surface area contributed by atoms with Crippen molar-refractivity contribution in [2.75, 3.05) is 21.9 Å². The van der Waals surface area contributed by atoms with Crippen LogP contribution in [-0.2, 0) is 24.8 Å². The predicted molar refractivity (Wildman–Crippen MR) is 115 cm³/mol. The summed E-state index contributed by atoms with van der Waals surface area (Å²) in [5, 5.41) is 0.396. The van der Waals surface area contributed by atoms with Crippen LogP contribution in [0.4, 0.5) is 11.4 Å². The van der Waals surface area contributed by atoms with Crippen molar-refractivity contribution >= 4 is 60.5 Å². The molecule has 0 atom stereocenters. The second-order valence-electron chi connectivity index (χ2n) is 7.28. The lowest BCUT2D eigenvalue weighted by Crippen LogP contribution is -2.33. The molecule has 0 bridgehead atoms. The number of rotatable bonds is 5. The molecule has 0 spiro atoms. The van der Waals surface area contributed by atoms with Gasteiger partial charge in [0.2, 0.25) is 15.9 Å². The highest BCUT2D eigenvalue weighted by Crippen LogP contribution is 2.38. The van der Waals surface area contributed by atoms with Gasteiger partial charge in [0.15, 0.2) is 0 Å². The van der Waals surface area contributed by atoms with Crippen molar-refractivity contribution in [1.82, 2.24) is 0 Å². The molecular weight excluding hydrogens is 475 g/mol. The van der Waals surface area contributed by atoms with E-state index < -0.39 is 31.4 Å². The largest absolute Gasteiger partial charge is 0.495 e. The summed E-state index contributed by atoms with van der Waals surface area (Å²) in [4.78, 5) is 12.3. The SMILES string of the molecule is COc1ccc(N2C(=O)C(C)(C)CS2(=O)=O)cc1S(=O)(=O)Nc1ccc(Cl)c(Cl)c1. The molecule has 1 N–H and O–H groups in total. The first-order valence-corrected chi connectivity index (χ1v) is 12.4. The maximum atomic E-state index is 13.0. The molecule has 0 aliphatic carbocycles. The Morgan fingerprint density at radius 2 is 1.77 bits per heavy atom. The summed E-state index contributed by atoms with van der Waals surface area (Å²) >= 11 is 11.8. The molecule has 0 unspecified atom stereocenters. The number of carbonyl (C=O) groups excluding carboxylic acids is 1. The molecule has 1 fully saturated rings. The molecule has 12 heteroatoms. The smallest absolute Gasteiger partial charge is 0.265 e. The number of benzene rings is 2. The standard InChI is InChI=1S/C18H18Cl2N2O6S2/c1-18(2)10-29(24,25)22(17(18)23)12-5-7-15(28-3)16(9-12)30(26,27)21-11-4-6-13(19)14(20)8-11/h4-9,21H,10H2,1-3H3. The van der Waals surface area contributed by atoms with Crippen molar-refractivity contribution in [3.05, 3.63) is 46.4 Å². The predicted octanol–water partition coefficient (Wildman–Crippen LogP) is 3.51. The molecule has 1 saturated heterocycles. The van der Waals surface area contributed by atoms with Crippen molar-refractivity contribution in [2.45, 2.75) is 18.7 Å². The molecule has 0 aromatic heterocycles. The minimum atomic E-state index is -4.23. The first-order chi connectivity index (χ1) is 13.8. The zero-order valence-corrected chi connectivity index (χ0v) is 19.3. The topological polar surface area (TPSA) is 110 Å². The van der Waals surface area contributed by atoms with Crippen LogP contribution >= 0.6 is 23.2 Å². The zero-order chi connectivity index (χ0) is 22.5. The van der Waals surface area contributed by atoms with E-state index in [0.717, 1.165) is 6.07 Å². The van der Waals surface area contributed by atoms with E-state index in [9.17, 15) is 21.6 Å². The lowest BCUT2D eigenvalue weighted by molar-refractivity contribution is -0.123. The normalized spacial score (nSPS) is 17.8. The summed E-state index contributed by atoms with van der Waals surface area (Å²) in [6, 6.07) is 7.84. The van der Waals surface area contributed by atoms with Crippen LogP contribution in [0.2, 0.25) is 10.0 Å². The second-order valence-corrected chi connectivity index (χ2v) is 11.6. The molecule has 1 heterocycles. The van der Waals surface area contributed by atoms with Crippen LogP contribution < -0.4 is 13.8 Å². The number of carbonyl (C=O) groups is 1. The molecule has 1 amide bonds. The number of hydrogen-bond acceptors (Lipinski definition) is 6. The number of ether oxygens (including phenoxy) is 1. The Kier molecular flexibility index (Phi) is 5.74. The number of sulfonamides is 2. The third-order valence-electron chi connectivity index (χ3n) is 4.43. The number of nitrogens with zero attached hydrogens (tertiary/aromatic N) is 1. The summed E-state index contributed by atoms with van der Waals surface area (Å²) in [5.74, 6) is -1.06. The van der Waals surface area contributed by atoms with Crippen LogP contribution in [0.3, 0.4) is 0 Å². The Labute approximate surface area is 184 Å². The highest BCUT2D eigenvalue weighted by Gasteiger charge is 2.50. The van der Waals surface area contributed by atoms with Gasteiger partial charge in [0.25, 0.3) is 10.0 Å². The van der Waals surface area contributed by atoms with Gasteiger partial charge in [-0.3, -0.25) is 9.52 Å². The fourth-order valence-electron chi connectivity index (χ4n) is 3.03. The van der Waals surface area contributed by atoms with E-state index in [0.29, 0.717) is 4.31 Å². The van der Waals surface area contributed by atoms with Gasteiger partial charge in [0.1, 0.15) is 10.6 Å². The van der Waals surface area contributed by atoms with Crippen LogP contribution in [0.5, 0.6) is 5.75 Å². The molecule has 2 aromatic rings. The van der Waals surface area contributed by atoms with Crippen molar-refractivity contribution in [1.29, 1.82) is 0 Å². The van der Waals surface area contributed by atoms with E-state index in [1.54, 1.807) is 0 Å². The van der Waals surface area contributed by atoms with Gasteiger partial charge >= 0.3 is 0 Å². The van der Waals surface area contributed by atoms with Crippen LogP contribution in [0.1, 0.15) is 13.8 Å². The van der Waals surface area contributed by atoms with E-state index in [1.165, 1.54) is 51.3 Å². The molecular formula is C18H18Cl2N2O6S2. The maximum absolute atomic E-state index is 13.0. The van der Waals surface area contributed by atoms with Crippen molar-refractivity contribution < 1.29 is 26.4 Å². The number of hydrogen-bond donors (Lipinski definition) is 1. The van der Waals surface area contributed by atoms with Crippen molar-refractivity contribution in [2.24, 2.45) is 5.41 Å². The zero-order valence-electron chi connectivity index (χ0n) is 16.1. The molecule has 0 radical (unpaired) electrons. The highest BCUT2D eigenvalue weighted by atomic mass is 35.5. The van der Waals surface area contributed by atoms with E-state index in [4.69, 9.17) is 27.9 Å². The molecule has 3 rings (SSSR count). The molecule has 30 heavy (non-hydrogen) atoms. The number of methoxy groups -OCH3 is 1. The highest BCUT2D eigenvalue weighted by molar-refractivity contribution is 7.94. The number of amides is 1. The number of nitrogens with one attached hydrogen (secondary N) is 1. The van der Waals surface area contributed by atoms with Crippen LogP contribution in [0.15, 0.2) is 41.3 Å². The quantitative estimate of drug-likeness (QED) is 0.683. The molecule has 1 aliphatic rings. The lowest BCUT2D eigenvalue weighted by atomic mass is 9.95. The van der Waals surface area contributed by atoms with E-state index in [2.05, 4.69) is 4.72 Å². The van der Waals surface area contributed by atoms with Gasteiger partial charge in [-0.1, -0.05) is 23.2 Å². The average molecular weight is 493 g/mol. The van der Waals surface area contributed by atoms with Gasteiger partial charge in [-0.2, -0.15) is 0 Å². The minimum absolute atomic E-state index is 0.0328. The summed E-state index contributed by atoms with van der Waals surface area (Å²) < 4.78 is 59.2. The number of anilines is 2. The van der Waals surface area contributed by atoms with Crippen molar-refractivity contribution in [3.8, 4) is 5.75 Å². The molecule has 162 valence electrons. The Balaban J connectivity index is 2.09. The monoisotopic (exact) mass is 492 g/mol. The summed E-state index contributed by atoms with van der Waals surface area (Å²) in [6.45, 7) is 3.03. The first-order valence-electron chi connectivity index (χ1n) is 8.52. The van der Waals surface area contributed by atoms with Gasteiger partial charge in [0, 0.05) is 0 Å². The summed E-state index contributed by atoms with van der Waals surface area (Å²) in [7, 11) is -6.91. The minimum Gasteiger partial charge on any atom is -0.495 e. The Hall–Kier alpha value is -2.01. The Morgan fingerprint density at radius 3 is 2.30 bits per heavy atom. The Morgan fingerprint density at radius 1 is 1.10 bits per heavy atom. The summed E-state index contributed by atoms with van der Waals surface area (Å²) in [6.07, 6.45) is 0. The fraction of sp³-hybridized carbons (Fsp3) is 0.278. The molecule has 1 aliphatic heterocycles. The molecule has 2 aromatic carbocycles. The fourth-order valence-corrected chi connectivity index (χ4v) is 6.67. The van der Waals surface area contributed by atoms with Crippen LogP contribution in [0, 0.1) is 5.41 Å². The molecule has 8 nitrogen and oxygen atoms in total. The van der Waals surface area contributed by atoms with Gasteiger partial charge in [-0.25, -0.2) is 21.1 Å². The molecule has 0 saturated carbocycles. The lowest BCUT2D eigenvalue weighted by Gasteiger charge is -2.19. The number of halogens is 2. The van der Waals surface area contributed by atoms with Gasteiger partial charge in [0.05, 0.1) is 39.7 Å². The maximum Gasteiger partial charge on any atom is 0.265 e. The van der Waals surface area contributed by atoms with E-state index in [-0.39, 0.29) is 37.8 Å². The first kappa shape index (κ1) is 22.7. The second kappa shape index (κ2) is 7.60. The Bertz CT molecular complexity index is 1240. The van der Waals surface area contributed by atoms with Gasteiger partial charge in [-0.15, -0.1) is 0 Å². The van der Waals surface area contributed by atoms with Crippen LogP contribution in [0.25, 0.3) is 0 Å². The third kappa shape index (κ3) is 4.09. The summed E-state index contributed by atoms with van der Waals surface area (Å²) in [5.41, 5.74) is -1.08. The van der Waals surface area contributed by atoms with Gasteiger partial charge in [-0.05, 0) is 50.2 Å². The van der Waals surface area contributed by atoms with Crippen LogP contribution in [-0.4, -0.2) is 35.6 Å². The average Bonchev–Trinajstić information content (AvgIpc) is 2.80. The van der Waals surface area contributed by atoms with Crippen molar-refractivity contribution in [3.63, 3.8) is 0 Å². The third-order valence-corrected chi connectivity index (χ3v) is 8.59. The van der Waals surface area contributed by atoms with Gasteiger partial charge < -0.3 is 4.74 Å². The van der Waals surface area contributed by atoms with E-state index >= 15 is 0 Å².